The van der Waals surface area contributed by atoms with Crippen molar-refractivity contribution in [3.63, 3.8) is 0 Å². The number of hydrogen-bond acceptors (Lipinski definition) is 5. The summed E-state index contributed by atoms with van der Waals surface area (Å²) >= 11 is 1.69. The van der Waals surface area contributed by atoms with Crippen molar-refractivity contribution < 1.29 is 13.2 Å². The summed E-state index contributed by atoms with van der Waals surface area (Å²) in [5, 5.41) is 0. The first kappa shape index (κ1) is 22.9. The lowest BCUT2D eigenvalue weighted by molar-refractivity contribution is -0.119. The zero-order valence-corrected chi connectivity index (χ0v) is 20.2. The largest absolute Gasteiger partial charge is 0.305 e. The zero-order chi connectivity index (χ0) is 23.7. The summed E-state index contributed by atoms with van der Waals surface area (Å²) in [6.45, 7) is 0.702. The second-order valence-electron chi connectivity index (χ2n) is 8.41. The lowest BCUT2D eigenvalue weighted by Gasteiger charge is -2.37. The zero-order valence-electron chi connectivity index (χ0n) is 18.5. The van der Waals surface area contributed by atoms with Gasteiger partial charge in [-0.05, 0) is 36.6 Å². The first-order chi connectivity index (χ1) is 16.4. The van der Waals surface area contributed by atoms with E-state index in [1.165, 1.54) is 27.2 Å². The fourth-order valence-electron chi connectivity index (χ4n) is 4.50. The normalized spacial score (nSPS) is 18.6. The number of thioether (sulfide) groups is 1. The molecule has 2 aliphatic heterocycles. The minimum absolute atomic E-state index is 0.0380. The predicted molar refractivity (Wildman–Crippen MR) is 133 cm³/mol. The van der Waals surface area contributed by atoms with Crippen LogP contribution in [0.1, 0.15) is 24.4 Å². The van der Waals surface area contributed by atoms with E-state index < -0.39 is 15.6 Å². The summed E-state index contributed by atoms with van der Waals surface area (Å²) in [6.07, 6.45) is 2.95. The molecule has 7 nitrogen and oxygen atoms in total. The first-order valence-corrected chi connectivity index (χ1v) is 13.7. The smallest absolute Gasteiger partial charge is 0.251 e. The van der Waals surface area contributed by atoms with Gasteiger partial charge < -0.3 is 9.47 Å². The minimum atomic E-state index is -3.70. The van der Waals surface area contributed by atoms with E-state index in [2.05, 4.69) is 0 Å². The molecule has 1 fully saturated rings. The molecule has 9 heteroatoms. The molecule has 1 atom stereocenters. The Balaban J connectivity index is 1.49. The molecular weight excluding hydrogens is 470 g/mol. The van der Waals surface area contributed by atoms with Crippen LogP contribution in [0.4, 0.5) is 5.69 Å². The molecule has 0 spiro atoms. The van der Waals surface area contributed by atoms with Gasteiger partial charge in [0.2, 0.25) is 15.9 Å². The number of aromatic nitrogens is 1. The Morgan fingerprint density at radius 2 is 1.65 bits per heavy atom. The van der Waals surface area contributed by atoms with E-state index in [4.69, 9.17) is 0 Å². The summed E-state index contributed by atoms with van der Waals surface area (Å²) in [4.78, 5) is 29.1. The van der Waals surface area contributed by atoms with Gasteiger partial charge in [-0.1, -0.05) is 42.5 Å². The number of para-hydroxylation sites is 1. The van der Waals surface area contributed by atoms with Gasteiger partial charge in [-0.3, -0.25) is 9.59 Å². The van der Waals surface area contributed by atoms with Crippen LogP contribution in [0.2, 0.25) is 0 Å². The van der Waals surface area contributed by atoms with Crippen molar-refractivity contribution in [1.82, 2.24) is 8.87 Å². The number of amides is 1. The molecule has 0 saturated carbocycles. The average Bonchev–Trinajstić information content (AvgIpc) is 3.41. The molecule has 2 aliphatic rings. The number of fused-ring (bicyclic) bond motifs is 1. The number of hydrogen-bond donors (Lipinski definition) is 0. The van der Waals surface area contributed by atoms with Gasteiger partial charge in [0.15, 0.2) is 0 Å². The fourth-order valence-corrected chi connectivity index (χ4v) is 7.21. The number of pyridine rings is 1. The molecule has 0 aliphatic carbocycles. The molecule has 3 aromatic rings. The average molecular weight is 496 g/mol. The maximum Gasteiger partial charge on any atom is 0.251 e. The van der Waals surface area contributed by atoms with E-state index in [0.29, 0.717) is 18.8 Å². The van der Waals surface area contributed by atoms with E-state index in [9.17, 15) is 18.0 Å². The third kappa shape index (κ3) is 4.31. The van der Waals surface area contributed by atoms with Crippen LogP contribution in [0.15, 0.2) is 87.5 Å². The van der Waals surface area contributed by atoms with Crippen molar-refractivity contribution in [3.05, 3.63) is 88.8 Å². The fraction of sp³-hybridized carbons (Fsp3) is 0.280. The molecule has 1 aromatic heterocycles. The van der Waals surface area contributed by atoms with Crippen molar-refractivity contribution >= 4 is 33.4 Å². The van der Waals surface area contributed by atoms with Crippen molar-refractivity contribution in [3.8, 4) is 0 Å². The molecule has 176 valence electrons. The van der Waals surface area contributed by atoms with Crippen LogP contribution in [0.25, 0.3) is 0 Å². The molecule has 1 amide bonds. The van der Waals surface area contributed by atoms with Gasteiger partial charge in [0.1, 0.15) is 6.54 Å². The highest BCUT2D eigenvalue weighted by Crippen LogP contribution is 2.43. The Morgan fingerprint density at radius 3 is 2.41 bits per heavy atom. The van der Waals surface area contributed by atoms with Gasteiger partial charge in [0.05, 0.1) is 16.6 Å². The van der Waals surface area contributed by atoms with Gasteiger partial charge in [-0.15, -0.1) is 11.8 Å². The van der Waals surface area contributed by atoms with Crippen molar-refractivity contribution in [2.24, 2.45) is 0 Å². The summed E-state index contributed by atoms with van der Waals surface area (Å²) < 4.78 is 28.6. The van der Waals surface area contributed by atoms with Crippen LogP contribution < -0.4 is 10.5 Å². The van der Waals surface area contributed by atoms with E-state index in [-0.39, 0.29) is 23.4 Å². The van der Waals surface area contributed by atoms with Gasteiger partial charge in [0, 0.05) is 36.0 Å². The maximum absolute atomic E-state index is 13.7. The SMILES string of the molecule is O=C(Cn1cc(S(=O)(=O)N2CCCC2)ccc1=O)N1c2ccccc2SCC1c1ccccc1. The summed E-state index contributed by atoms with van der Waals surface area (Å²) in [7, 11) is -3.70. The van der Waals surface area contributed by atoms with Gasteiger partial charge in [-0.25, -0.2) is 8.42 Å². The topological polar surface area (TPSA) is 79.7 Å². The predicted octanol–water partition coefficient (Wildman–Crippen LogP) is 3.51. The molecule has 3 heterocycles. The highest BCUT2D eigenvalue weighted by Gasteiger charge is 2.33. The number of carbonyl (C=O) groups is 1. The summed E-state index contributed by atoms with van der Waals surface area (Å²) in [5.41, 5.74) is 1.40. The molecule has 2 aromatic carbocycles. The van der Waals surface area contributed by atoms with Crippen molar-refractivity contribution in [2.45, 2.75) is 35.2 Å². The highest BCUT2D eigenvalue weighted by molar-refractivity contribution is 7.99. The number of carbonyl (C=O) groups excluding carboxylic acids is 1. The van der Waals surface area contributed by atoms with Crippen LogP contribution in [0.3, 0.4) is 0 Å². The lowest BCUT2D eigenvalue weighted by atomic mass is 10.1. The van der Waals surface area contributed by atoms with Crippen molar-refractivity contribution in [1.29, 1.82) is 0 Å². The van der Waals surface area contributed by atoms with Crippen LogP contribution in [-0.4, -0.2) is 42.0 Å². The maximum atomic E-state index is 13.7. The molecule has 1 unspecified atom stereocenters. The van der Waals surface area contributed by atoms with E-state index in [1.807, 2.05) is 54.6 Å². The quantitative estimate of drug-likeness (QED) is 0.541. The van der Waals surface area contributed by atoms with Gasteiger partial charge >= 0.3 is 0 Å². The van der Waals surface area contributed by atoms with Crippen LogP contribution in [0, 0.1) is 0 Å². The third-order valence-corrected chi connectivity index (χ3v) is 9.27. The first-order valence-electron chi connectivity index (χ1n) is 11.2. The molecule has 5 rings (SSSR count). The van der Waals surface area contributed by atoms with Crippen LogP contribution >= 0.6 is 11.8 Å². The Kier molecular flexibility index (Phi) is 6.33. The van der Waals surface area contributed by atoms with Gasteiger partial charge in [-0.2, -0.15) is 4.31 Å². The number of anilines is 1. The second kappa shape index (κ2) is 9.40. The molecule has 1 saturated heterocycles. The van der Waals surface area contributed by atoms with E-state index in [0.717, 1.165) is 29.0 Å². The molecular formula is C25H25N3O4S2. The Labute approximate surface area is 203 Å². The van der Waals surface area contributed by atoms with Crippen LogP contribution in [0.5, 0.6) is 0 Å². The minimum Gasteiger partial charge on any atom is -0.305 e. The monoisotopic (exact) mass is 495 g/mol. The third-order valence-electron chi connectivity index (χ3n) is 6.25. The standard InChI is InChI=1S/C25H25N3O4S2/c29-24-13-12-20(34(31,32)27-14-6-7-15-27)16-26(24)17-25(30)28-21-10-4-5-11-23(21)33-18-22(28)19-8-2-1-3-9-19/h1-5,8-13,16,22H,6-7,14-15,17-18H2. The lowest BCUT2D eigenvalue weighted by Crippen LogP contribution is -2.42. The van der Waals surface area contributed by atoms with Crippen molar-refractivity contribution in [2.75, 3.05) is 23.7 Å². The molecule has 0 bridgehead atoms. The number of rotatable bonds is 5. The second-order valence-corrected chi connectivity index (χ2v) is 11.4. The van der Waals surface area contributed by atoms with Gasteiger partial charge in [0.25, 0.3) is 5.56 Å². The number of nitrogens with zero attached hydrogens (tertiary/aromatic N) is 3. The Hall–Kier alpha value is -2.88. The Morgan fingerprint density at radius 1 is 0.941 bits per heavy atom. The molecule has 0 N–H and O–H groups in total. The molecule has 0 radical (unpaired) electrons. The van der Waals surface area contributed by atoms with E-state index >= 15 is 0 Å². The van der Waals surface area contributed by atoms with E-state index in [1.54, 1.807) is 16.7 Å². The number of benzene rings is 2. The molecule has 34 heavy (non-hydrogen) atoms. The summed E-state index contributed by atoms with van der Waals surface area (Å²) in [5.74, 6) is 0.421. The van der Waals surface area contributed by atoms with Crippen LogP contribution in [-0.2, 0) is 21.4 Å². The number of sulfonamides is 1. The Bertz CT molecular complexity index is 1370. The summed E-state index contributed by atoms with van der Waals surface area (Å²) in [6, 6.07) is 19.9. The highest BCUT2D eigenvalue weighted by atomic mass is 32.2.